The van der Waals surface area contributed by atoms with Crippen LogP contribution >= 0.6 is 15.9 Å². The first-order valence-electron chi connectivity index (χ1n) is 5.97. The molecule has 1 aliphatic rings. The number of hydrogen-bond acceptors (Lipinski definition) is 2. The lowest BCUT2D eigenvalue weighted by Gasteiger charge is -2.36. The number of carbonyl (C=O) groups excluding carboxylic acids is 1. The van der Waals surface area contributed by atoms with E-state index in [0.717, 1.165) is 18.2 Å². The minimum absolute atomic E-state index is 0.128. The number of rotatable bonds is 2. The van der Waals surface area contributed by atoms with Crippen LogP contribution in [-0.2, 0) is 4.74 Å². The average Bonchev–Trinajstić information content (AvgIpc) is 2.40. The monoisotopic (exact) mass is 333 g/mol. The summed E-state index contributed by atoms with van der Waals surface area (Å²) in [6.07, 6.45) is -0.263. The Morgan fingerprint density at radius 1 is 1.47 bits per heavy atom. The fraction of sp³-hybridized carbons (Fsp3) is 0.462. The first-order valence-corrected chi connectivity index (χ1v) is 7.09. The van der Waals surface area contributed by atoms with Crippen LogP contribution < -0.4 is 0 Å². The molecule has 1 aromatic carbocycles. The van der Waals surface area contributed by atoms with Crippen molar-refractivity contribution in [3.8, 4) is 0 Å². The van der Waals surface area contributed by atoms with Crippen molar-refractivity contribution >= 4 is 21.8 Å². The first kappa shape index (κ1) is 14.4. The number of halogens is 3. The van der Waals surface area contributed by atoms with Crippen LogP contribution in [-0.4, -0.2) is 41.4 Å². The molecule has 0 spiro atoms. The highest BCUT2D eigenvalue weighted by atomic mass is 79.9. The van der Waals surface area contributed by atoms with E-state index in [4.69, 9.17) is 4.74 Å². The highest BCUT2D eigenvalue weighted by molar-refractivity contribution is 9.09. The summed E-state index contributed by atoms with van der Waals surface area (Å²) >= 11 is 3.30. The van der Waals surface area contributed by atoms with Crippen LogP contribution in [0.5, 0.6) is 0 Å². The van der Waals surface area contributed by atoms with Crippen molar-refractivity contribution in [2.75, 3.05) is 18.4 Å². The molecule has 2 unspecified atom stereocenters. The van der Waals surface area contributed by atoms with E-state index in [0.29, 0.717) is 18.4 Å². The predicted molar refractivity (Wildman–Crippen MR) is 70.4 cm³/mol. The molecule has 0 radical (unpaired) electrons. The van der Waals surface area contributed by atoms with E-state index >= 15 is 0 Å². The number of benzene rings is 1. The van der Waals surface area contributed by atoms with Gasteiger partial charge in [0.15, 0.2) is 0 Å². The summed E-state index contributed by atoms with van der Waals surface area (Å²) in [6.45, 7) is 2.58. The second-order valence-corrected chi connectivity index (χ2v) is 5.20. The van der Waals surface area contributed by atoms with Crippen molar-refractivity contribution in [1.29, 1.82) is 0 Å². The lowest BCUT2D eigenvalue weighted by molar-refractivity contribution is -0.0560. The Labute approximate surface area is 118 Å². The molecule has 0 aromatic heterocycles. The average molecular weight is 334 g/mol. The van der Waals surface area contributed by atoms with Gasteiger partial charge in [0.2, 0.25) is 0 Å². The molecule has 6 heteroatoms. The molecule has 0 bridgehead atoms. The second kappa shape index (κ2) is 5.96. The number of morpholine rings is 1. The Hall–Kier alpha value is -1.01. The summed E-state index contributed by atoms with van der Waals surface area (Å²) in [5.41, 5.74) is -0.234. The summed E-state index contributed by atoms with van der Waals surface area (Å²) in [5, 5.41) is 0.590. The minimum Gasteiger partial charge on any atom is -0.371 e. The summed E-state index contributed by atoms with van der Waals surface area (Å²) in [7, 11) is 0. The summed E-state index contributed by atoms with van der Waals surface area (Å²) in [4.78, 5) is 13.7. The molecule has 0 N–H and O–H groups in total. The molecule has 3 nitrogen and oxygen atoms in total. The van der Waals surface area contributed by atoms with Gasteiger partial charge in [0, 0.05) is 18.4 Å². The van der Waals surface area contributed by atoms with Crippen molar-refractivity contribution in [3.63, 3.8) is 0 Å². The van der Waals surface area contributed by atoms with Gasteiger partial charge in [-0.15, -0.1) is 0 Å². The fourth-order valence-electron chi connectivity index (χ4n) is 2.13. The third-order valence-corrected chi connectivity index (χ3v) is 3.67. The normalized spacial score (nSPS) is 23.5. The maximum atomic E-state index is 13.6. The minimum atomic E-state index is -0.707. The number of carbonyl (C=O) groups is 1. The van der Waals surface area contributed by atoms with Crippen molar-refractivity contribution in [3.05, 3.63) is 35.4 Å². The van der Waals surface area contributed by atoms with Gasteiger partial charge in [0.05, 0.1) is 17.8 Å². The molecule has 1 aliphatic heterocycles. The fourth-order valence-corrected chi connectivity index (χ4v) is 2.49. The molecular formula is C13H14BrF2NO2. The van der Waals surface area contributed by atoms with Gasteiger partial charge in [-0.25, -0.2) is 8.78 Å². The van der Waals surface area contributed by atoms with Gasteiger partial charge in [-0.05, 0) is 25.1 Å². The van der Waals surface area contributed by atoms with Gasteiger partial charge < -0.3 is 9.64 Å². The molecule has 2 atom stereocenters. The Bertz CT molecular complexity index is 484. The zero-order valence-corrected chi connectivity index (χ0v) is 12.0. The Morgan fingerprint density at radius 2 is 2.21 bits per heavy atom. The van der Waals surface area contributed by atoms with E-state index in [9.17, 15) is 13.6 Å². The lowest BCUT2D eigenvalue weighted by atomic mass is 10.1. The number of alkyl halides is 1. The van der Waals surface area contributed by atoms with E-state index in [1.54, 1.807) is 0 Å². The molecule has 1 aromatic rings. The Morgan fingerprint density at radius 3 is 2.89 bits per heavy atom. The smallest absolute Gasteiger partial charge is 0.257 e. The number of ether oxygens (including phenoxy) is 1. The third kappa shape index (κ3) is 3.30. The van der Waals surface area contributed by atoms with Crippen molar-refractivity contribution in [2.45, 2.75) is 19.1 Å². The Kier molecular flexibility index (Phi) is 4.52. The molecule has 104 valence electrons. The van der Waals surface area contributed by atoms with Crippen LogP contribution in [0.1, 0.15) is 17.3 Å². The lowest BCUT2D eigenvalue weighted by Crippen LogP contribution is -2.49. The maximum Gasteiger partial charge on any atom is 0.257 e. The highest BCUT2D eigenvalue weighted by Crippen LogP contribution is 2.18. The van der Waals surface area contributed by atoms with Gasteiger partial charge >= 0.3 is 0 Å². The van der Waals surface area contributed by atoms with Gasteiger partial charge in [-0.1, -0.05) is 15.9 Å². The molecule has 1 saturated heterocycles. The quantitative estimate of drug-likeness (QED) is 0.778. The number of nitrogens with zero attached hydrogens (tertiary/aromatic N) is 1. The molecule has 1 fully saturated rings. The maximum absolute atomic E-state index is 13.6. The van der Waals surface area contributed by atoms with Crippen molar-refractivity contribution < 1.29 is 18.3 Å². The predicted octanol–water partition coefficient (Wildman–Crippen LogP) is 2.59. The zero-order chi connectivity index (χ0) is 14.0. The third-order valence-electron chi connectivity index (χ3n) is 2.94. The van der Waals surface area contributed by atoms with E-state index in [-0.39, 0.29) is 17.8 Å². The zero-order valence-electron chi connectivity index (χ0n) is 10.4. The van der Waals surface area contributed by atoms with Crippen LogP contribution in [0.25, 0.3) is 0 Å². The van der Waals surface area contributed by atoms with Crippen molar-refractivity contribution in [1.82, 2.24) is 4.90 Å². The number of hydrogen-bond donors (Lipinski definition) is 0. The standard InChI is InChI=1S/C13H14BrF2NO2/c1-8-6-17(7-10(5-14)19-8)13(18)11-4-9(15)2-3-12(11)16/h2-4,8,10H,5-7H2,1H3. The van der Waals surface area contributed by atoms with Crippen LogP contribution in [0, 0.1) is 11.6 Å². The topological polar surface area (TPSA) is 29.5 Å². The Balaban J connectivity index is 2.21. The summed E-state index contributed by atoms with van der Waals surface area (Å²) in [6, 6.07) is 2.89. The van der Waals surface area contributed by atoms with E-state index < -0.39 is 17.5 Å². The van der Waals surface area contributed by atoms with Crippen LogP contribution in [0.15, 0.2) is 18.2 Å². The molecule has 1 amide bonds. The summed E-state index contributed by atoms with van der Waals surface area (Å²) < 4.78 is 32.3. The van der Waals surface area contributed by atoms with Crippen LogP contribution in [0.2, 0.25) is 0 Å². The molecule has 1 heterocycles. The molecule has 2 rings (SSSR count). The van der Waals surface area contributed by atoms with Crippen LogP contribution in [0.3, 0.4) is 0 Å². The van der Waals surface area contributed by atoms with Crippen LogP contribution in [0.4, 0.5) is 8.78 Å². The highest BCUT2D eigenvalue weighted by Gasteiger charge is 2.29. The molecule has 0 aliphatic carbocycles. The van der Waals surface area contributed by atoms with E-state index in [1.807, 2.05) is 6.92 Å². The van der Waals surface area contributed by atoms with Gasteiger partial charge in [-0.2, -0.15) is 0 Å². The SMILES string of the molecule is CC1CN(C(=O)c2cc(F)ccc2F)CC(CBr)O1. The van der Waals surface area contributed by atoms with Gasteiger partial charge in [0.25, 0.3) is 5.91 Å². The van der Waals surface area contributed by atoms with Gasteiger partial charge in [-0.3, -0.25) is 4.79 Å². The number of amides is 1. The van der Waals surface area contributed by atoms with E-state index in [2.05, 4.69) is 15.9 Å². The second-order valence-electron chi connectivity index (χ2n) is 4.56. The summed E-state index contributed by atoms with van der Waals surface area (Å²) in [5.74, 6) is -1.83. The van der Waals surface area contributed by atoms with E-state index in [1.165, 1.54) is 4.90 Å². The first-order chi connectivity index (χ1) is 9.01. The molecular weight excluding hydrogens is 320 g/mol. The molecule has 19 heavy (non-hydrogen) atoms. The van der Waals surface area contributed by atoms with Gasteiger partial charge in [0.1, 0.15) is 11.6 Å². The largest absolute Gasteiger partial charge is 0.371 e. The van der Waals surface area contributed by atoms with Crippen molar-refractivity contribution in [2.24, 2.45) is 0 Å². The molecule has 0 saturated carbocycles.